The average Bonchev–Trinajstić information content (AvgIpc) is 2.53. The summed E-state index contributed by atoms with van der Waals surface area (Å²) in [4.78, 5) is 14.5. The predicted octanol–water partition coefficient (Wildman–Crippen LogP) is 3.78. The number of fused-ring (bicyclic) bond motifs is 1. The van der Waals surface area contributed by atoms with E-state index >= 15 is 0 Å². The van der Waals surface area contributed by atoms with Crippen LogP contribution < -0.4 is 0 Å². The maximum atomic E-state index is 12.6. The predicted molar refractivity (Wildman–Crippen MR) is 84.0 cm³/mol. The molecule has 0 fully saturated rings. The van der Waals surface area contributed by atoms with Crippen LogP contribution in [0, 0.1) is 0 Å². The first-order valence-corrected chi connectivity index (χ1v) is 7.91. The minimum Gasteiger partial charge on any atom is -0.334 e. The molecular formula is C17H16BrNO. The highest BCUT2D eigenvalue weighted by atomic mass is 79.9. The lowest BCUT2D eigenvalue weighted by Gasteiger charge is -2.29. The topological polar surface area (TPSA) is 20.3 Å². The molecule has 0 aromatic heterocycles. The normalized spacial score (nSPS) is 13.9. The minimum atomic E-state index is 0.127. The molecule has 2 aromatic carbocycles. The van der Waals surface area contributed by atoms with Gasteiger partial charge >= 0.3 is 0 Å². The third-order valence-corrected chi connectivity index (χ3v) is 4.39. The molecule has 0 N–H and O–H groups in total. The Morgan fingerprint density at radius 1 is 1.10 bits per heavy atom. The molecule has 0 unspecified atom stereocenters. The van der Waals surface area contributed by atoms with Crippen molar-refractivity contribution in [2.45, 2.75) is 18.3 Å². The van der Waals surface area contributed by atoms with E-state index in [0.29, 0.717) is 6.54 Å². The lowest BCUT2D eigenvalue weighted by molar-refractivity contribution is 0.0734. The third-order valence-electron chi connectivity index (χ3n) is 3.75. The highest BCUT2D eigenvalue weighted by Gasteiger charge is 2.21. The van der Waals surface area contributed by atoms with Crippen molar-refractivity contribution in [2.75, 3.05) is 6.54 Å². The minimum absolute atomic E-state index is 0.127. The Hall–Kier alpha value is -1.61. The number of amides is 1. The monoisotopic (exact) mass is 329 g/mol. The Balaban J connectivity index is 1.82. The van der Waals surface area contributed by atoms with Gasteiger partial charge in [-0.15, -0.1) is 0 Å². The van der Waals surface area contributed by atoms with Gasteiger partial charge in [-0.05, 0) is 35.2 Å². The molecule has 2 nitrogen and oxygen atoms in total. The molecular weight excluding hydrogens is 314 g/mol. The van der Waals surface area contributed by atoms with Crippen molar-refractivity contribution >= 4 is 21.8 Å². The molecule has 102 valence electrons. The molecule has 0 saturated heterocycles. The lowest BCUT2D eigenvalue weighted by Crippen LogP contribution is -2.35. The van der Waals surface area contributed by atoms with Crippen molar-refractivity contribution in [3.63, 3.8) is 0 Å². The molecule has 0 spiro atoms. The largest absolute Gasteiger partial charge is 0.334 e. The summed E-state index contributed by atoms with van der Waals surface area (Å²) in [7, 11) is 0. The molecule has 0 saturated carbocycles. The van der Waals surface area contributed by atoms with Gasteiger partial charge in [-0.2, -0.15) is 0 Å². The Kier molecular flexibility index (Phi) is 3.88. The van der Waals surface area contributed by atoms with Gasteiger partial charge in [-0.25, -0.2) is 0 Å². The van der Waals surface area contributed by atoms with Gasteiger partial charge in [0, 0.05) is 24.0 Å². The van der Waals surface area contributed by atoms with Crippen LogP contribution in [0.4, 0.5) is 0 Å². The summed E-state index contributed by atoms with van der Waals surface area (Å²) in [5.41, 5.74) is 4.55. The van der Waals surface area contributed by atoms with Gasteiger partial charge in [-0.3, -0.25) is 4.79 Å². The second kappa shape index (κ2) is 5.80. The number of carbonyl (C=O) groups excluding carboxylic acids is 1. The number of alkyl halides is 1. The zero-order chi connectivity index (χ0) is 13.9. The van der Waals surface area contributed by atoms with Gasteiger partial charge < -0.3 is 4.90 Å². The van der Waals surface area contributed by atoms with Crippen LogP contribution in [0.5, 0.6) is 0 Å². The fourth-order valence-electron chi connectivity index (χ4n) is 2.64. The van der Waals surface area contributed by atoms with E-state index in [-0.39, 0.29) is 5.91 Å². The van der Waals surface area contributed by atoms with Gasteiger partial charge in [0.2, 0.25) is 0 Å². The van der Waals surface area contributed by atoms with E-state index in [1.54, 1.807) is 0 Å². The molecule has 1 aliphatic rings. The number of carbonyl (C=O) groups is 1. The molecule has 3 heteroatoms. The zero-order valence-electron chi connectivity index (χ0n) is 11.2. The highest BCUT2D eigenvalue weighted by Crippen LogP contribution is 2.20. The number of hydrogen-bond acceptors (Lipinski definition) is 1. The second-order valence-electron chi connectivity index (χ2n) is 5.08. The van der Waals surface area contributed by atoms with E-state index in [0.717, 1.165) is 29.4 Å². The van der Waals surface area contributed by atoms with Crippen LogP contribution in [0.25, 0.3) is 0 Å². The Labute approximate surface area is 127 Å². The summed E-state index contributed by atoms with van der Waals surface area (Å²) < 4.78 is 0. The van der Waals surface area contributed by atoms with Crippen LogP contribution in [-0.2, 0) is 18.3 Å². The molecule has 0 atom stereocenters. The number of rotatable bonds is 2. The van der Waals surface area contributed by atoms with Crippen LogP contribution in [0.2, 0.25) is 0 Å². The molecule has 0 bridgehead atoms. The molecule has 20 heavy (non-hydrogen) atoms. The number of benzene rings is 2. The third kappa shape index (κ3) is 2.63. The van der Waals surface area contributed by atoms with Gasteiger partial charge in [-0.1, -0.05) is 52.3 Å². The van der Waals surface area contributed by atoms with Gasteiger partial charge in [0.05, 0.1) is 0 Å². The van der Waals surface area contributed by atoms with Crippen LogP contribution in [0.1, 0.15) is 27.0 Å². The molecule has 2 aromatic rings. The number of hydrogen-bond donors (Lipinski definition) is 0. The summed E-state index contributed by atoms with van der Waals surface area (Å²) >= 11 is 3.43. The highest BCUT2D eigenvalue weighted by molar-refractivity contribution is 9.08. The van der Waals surface area contributed by atoms with Crippen molar-refractivity contribution in [3.8, 4) is 0 Å². The molecule has 1 amide bonds. The van der Waals surface area contributed by atoms with Crippen LogP contribution in [0.3, 0.4) is 0 Å². The number of halogens is 1. The van der Waals surface area contributed by atoms with E-state index in [1.807, 2.05) is 35.2 Å². The van der Waals surface area contributed by atoms with E-state index in [4.69, 9.17) is 0 Å². The SMILES string of the molecule is O=C(c1cccc(CBr)c1)N1CCc2ccccc2C1. The van der Waals surface area contributed by atoms with Crippen molar-refractivity contribution < 1.29 is 4.79 Å². The summed E-state index contributed by atoms with van der Waals surface area (Å²) in [6.07, 6.45) is 0.944. The quantitative estimate of drug-likeness (QED) is 0.768. The molecule has 1 aliphatic heterocycles. The van der Waals surface area contributed by atoms with Crippen molar-refractivity contribution in [3.05, 3.63) is 70.8 Å². The van der Waals surface area contributed by atoms with Crippen molar-refractivity contribution in [1.29, 1.82) is 0 Å². The summed E-state index contributed by atoms with van der Waals surface area (Å²) in [5, 5.41) is 0.775. The maximum Gasteiger partial charge on any atom is 0.254 e. The summed E-state index contributed by atoms with van der Waals surface area (Å²) in [6.45, 7) is 1.52. The lowest BCUT2D eigenvalue weighted by atomic mass is 9.99. The molecule has 3 rings (SSSR count). The van der Waals surface area contributed by atoms with E-state index < -0.39 is 0 Å². The Bertz CT molecular complexity index is 638. The zero-order valence-corrected chi connectivity index (χ0v) is 12.8. The first-order chi connectivity index (χ1) is 9.78. The van der Waals surface area contributed by atoms with Gasteiger partial charge in [0.25, 0.3) is 5.91 Å². The number of nitrogens with zero attached hydrogens (tertiary/aromatic N) is 1. The van der Waals surface area contributed by atoms with Gasteiger partial charge in [0.15, 0.2) is 0 Å². The smallest absolute Gasteiger partial charge is 0.254 e. The molecule has 0 aliphatic carbocycles. The average molecular weight is 330 g/mol. The standard InChI is InChI=1S/C17H16BrNO/c18-11-13-4-3-7-15(10-13)17(20)19-9-8-14-5-1-2-6-16(14)12-19/h1-7,10H,8-9,11-12H2. The fraction of sp³-hybridized carbons (Fsp3) is 0.235. The van der Waals surface area contributed by atoms with E-state index in [9.17, 15) is 4.79 Å². The maximum absolute atomic E-state index is 12.6. The molecule has 1 heterocycles. The Morgan fingerprint density at radius 2 is 1.90 bits per heavy atom. The first-order valence-electron chi connectivity index (χ1n) is 6.79. The first kappa shape index (κ1) is 13.4. The van der Waals surface area contributed by atoms with Crippen molar-refractivity contribution in [2.24, 2.45) is 0 Å². The van der Waals surface area contributed by atoms with Crippen molar-refractivity contribution in [1.82, 2.24) is 4.90 Å². The summed E-state index contributed by atoms with van der Waals surface area (Å²) in [6, 6.07) is 16.2. The second-order valence-corrected chi connectivity index (χ2v) is 5.64. The van der Waals surface area contributed by atoms with E-state index in [1.165, 1.54) is 11.1 Å². The van der Waals surface area contributed by atoms with Crippen LogP contribution in [0.15, 0.2) is 48.5 Å². The summed E-state index contributed by atoms with van der Waals surface area (Å²) in [5.74, 6) is 0.127. The Morgan fingerprint density at radius 3 is 2.70 bits per heavy atom. The fourth-order valence-corrected chi connectivity index (χ4v) is 2.99. The molecule has 0 radical (unpaired) electrons. The van der Waals surface area contributed by atoms with Gasteiger partial charge in [0.1, 0.15) is 0 Å². The van der Waals surface area contributed by atoms with Crippen LogP contribution in [-0.4, -0.2) is 17.4 Å². The van der Waals surface area contributed by atoms with Crippen LogP contribution >= 0.6 is 15.9 Å². The van der Waals surface area contributed by atoms with E-state index in [2.05, 4.69) is 34.1 Å².